The van der Waals surface area contributed by atoms with E-state index in [0.717, 1.165) is 27.8 Å². The third-order valence-electron chi connectivity index (χ3n) is 3.58. The number of anilines is 1. The van der Waals surface area contributed by atoms with Crippen LogP contribution in [0.25, 0.3) is 21.6 Å². The van der Waals surface area contributed by atoms with Crippen molar-refractivity contribution in [3.63, 3.8) is 0 Å². The van der Waals surface area contributed by atoms with E-state index in [-0.39, 0.29) is 0 Å². The molecule has 0 aliphatic heterocycles. The first-order valence-corrected chi connectivity index (χ1v) is 7.40. The van der Waals surface area contributed by atoms with Crippen LogP contribution in [-0.4, -0.2) is 15.0 Å². The number of pyridine rings is 1. The molecule has 2 N–H and O–H groups in total. The Labute approximate surface area is 121 Å². The first kappa shape index (κ1) is 13.0. The first-order chi connectivity index (χ1) is 9.61. The van der Waals surface area contributed by atoms with Crippen molar-refractivity contribution in [2.24, 2.45) is 0 Å². The molecular weight excluding hydrogens is 268 g/mol. The van der Waals surface area contributed by atoms with E-state index in [1.807, 2.05) is 12.3 Å². The molecule has 0 amide bonds. The Balaban J connectivity index is 2.28. The molecule has 5 heteroatoms. The predicted octanol–water partition coefficient (Wildman–Crippen LogP) is 3.51. The summed E-state index contributed by atoms with van der Waals surface area (Å²) in [7, 11) is 0. The summed E-state index contributed by atoms with van der Waals surface area (Å²) in [5, 5.41) is 0.989. The van der Waals surface area contributed by atoms with Crippen LogP contribution in [0.1, 0.15) is 22.9 Å². The average Bonchev–Trinajstić information content (AvgIpc) is 2.74. The van der Waals surface area contributed by atoms with E-state index in [9.17, 15) is 0 Å². The summed E-state index contributed by atoms with van der Waals surface area (Å²) in [5.74, 6) is 1.25. The minimum atomic E-state index is 0.561. The summed E-state index contributed by atoms with van der Waals surface area (Å²) in [6.45, 7) is 6.25. The first-order valence-electron chi connectivity index (χ1n) is 6.58. The maximum absolute atomic E-state index is 6.14. The van der Waals surface area contributed by atoms with Crippen LogP contribution in [0.5, 0.6) is 0 Å². The zero-order valence-corrected chi connectivity index (χ0v) is 12.6. The summed E-state index contributed by atoms with van der Waals surface area (Å²) in [6, 6.07) is 1.95. The lowest BCUT2D eigenvalue weighted by Gasteiger charge is -2.07. The predicted molar refractivity (Wildman–Crippen MR) is 83.9 cm³/mol. The molecule has 0 unspecified atom stereocenters. The normalized spacial score (nSPS) is 11.2. The van der Waals surface area contributed by atoms with Gasteiger partial charge >= 0.3 is 0 Å². The van der Waals surface area contributed by atoms with Crippen LogP contribution in [0.3, 0.4) is 0 Å². The van der Waals surface area contributed by atoms with Crippen LogP contribution in [0.15, 0.2) is 18.5 Å². The second kappa shape index (κ2) is 4.83. The van der Waals surface area contributed by atoms with Gasteiger partial charge in [0.05, 0.1) is 5.39 Å². The van der Waals surface area contributed by atoms with Gasteiger partial charge in [0.2, 0.25) is 0 Å². The molecule has 0 fully saturated rings. The molecule has 0 aliphatic rings. The highest BCUT2D eigenvalue weighted by Gasteiger charge is 2.14. The van der Waals surface area contributed by atoms with Gasteiger partial charge in [0.25, 0.3) is 0 Å². The zero-order valence-electron chi connectivity index (χ0n) is 11.8. The van der Waals surface area contributed by atoms with Crippen LogP contribution in [-0.2, 0) is 6.42 Å². The third kappa shape index (κ3) is 1.94. The molecule has 3 rings (SSSR count). The molecule has 0 aromatic carbocycles. The van der Waals surface area contributed by atoms with Gasteiger partial charge in [0, 0.05) is 22.8 Å². The Morgan fingerprint density at radius 1 is 1.25 bits per heavy atom. The number of nitrogens with two attached hydrogens (primary N) is 1. The number of fused-ring (bicyclic) bond motifs is 1. The van der Waals surface area contributed by atoms with Crippen LogP contribution in [0.2, 0.25) is 0 Å². The molecule has 4 nitrogen and oxygen atoms in total. The lowest BCUT2D eigenvalue weighted by molar-refractivity contribution is 1.09. The highest BCUT2D eigenvalue weighted by molar-refractivity contribution is 7.18. The summed E-state index contributed by atoms with van der Waals surface area (Å²) >= 11 is 1.67. The monoisotopic (exact) mass is 284 g/mol. The van der Waals surface area contributed by atoms with E-state index >= 15 is 0 Å². The smallest absolute Gasteiger partial charge is 0.163 e. The van der Waals surface area contributed by atoms with Crippen LogP contribution >= 0.6 is 11.3 Å². The van der Waals surface area contributed by atoms with Crippen molar-refractivity contribution in [3.8, 4) is 11.4 Å². The van der Waals surface area contributed by atoms with Crippen LogP contribution in [0.4, 0.5) is 5.82 Å². The number of aryl methyl sites for hydroxylation is 3. The Kier molecular flexibility index (Phi) is 3.14. The fourth-order valence-corrected chi connectivity index (χ4v) is 3.37. The number of nitrogens with zero attached hydrogens (tertiary/aromatic N) is 3. The van der Waals surface area contributed by atoms with Gasteiger partial charge in [-0.05, 0) is 37.5 Å². The summed E-state index contributed by atoms with van der Waals surface area (Å²) in [5.41, 5.74) is 9.47. The van der Waals surface area contributed by atoms with E-state index in [1.54, 1.807) is 17.5 Å². The number of rotatable bonds is 2. The van der Waals surface area contributed by atoms with E-state index in [1.165, 1.54) is 10.4 Å². The summed E-state index contributed by atoms with van der Waals surface area (Å²) in [6.07, 6.45) is 4.53. The maximum atomic E-state index is 6.14. The topological polar surface area (TPSA) is 64.7 Å². The highest BCUT2D eigenvalue weighted by Crippen LogP contribution is 2.34. The van der Waals surface area contributed by atoms with Gasteiger partial charge < -0.3 is 5.73 Å². The molecule has 102 valence electrons. The minimum Gasteiger partial charge on any atom is -0.383 e. The molecule has 20 heavy (non-hydrogen) atoms. The number of aromatic nitrogens is 3. The van der Waals surface area contributed by atoms with Crippen molar-refractivity contribution in [2.75, 3.05) is 5.73 Å². The summed E-state index contributed by atoms with van der Waals surface area (Å²) in [4.78, 5) is 15.6. The fourth-order valence-electron chi connectivity index (χ4n) is 2.33. The molecule has 0 aliphatic carbocycles. The molecule has 3 aromatic heterocycles. The van der Waals surface area contributed by atoms with Crippen LogP contribution < -0.4 is 5.73 Å². The molecular formula is C15H16N4S. The molecule has 0 saturated carbocycles. The van der Waals surface area contributed by atoms with Gasteiger partial charge in [-0.25, -0.2) is 9.97 Å². The Hall–Kier alpha value is -2.01. The number of hydrogen-bond acceptors (Lipinski definition) is 5. The Morgan fingerprint density at radius 2 is 2.05 bits per heavy atom. The SMILES string of the molecule is CCc1cnccc1-c1nc(N)c2c(C)c(C)sc2n1. The van der Waals surface area contributed by atoms with Gasteiger partial charge in [-0.1, -0.05) is 6.92 Å². The Bertz CT molecular complexity index is 792. The van der Waals surface area contributed by atoms with Crippen molar-refractivity contribution >= 4 is 27.4 Å². The van der Waals surface area contributed by atoms with Crippen molar-refractivity contribution in [1.82, 2.24) is 15.0 Å². The third-order valence-corrected chi connectivity index (χ3v) is 4.68. The minimum absolute atomic E-state index is 0.561. The second-order valence-corrected chi connectivity index (χ2v) is 5.99. The van der Waals surface area contributed by atoms with Crippen molar-refractivity contribution in [3.05, 3.63) is 34.5 Å². The molecule has 0 atom stereocenters. The van der Waals surface area contributed by atoms with Gasteiger partial charge in [-0.2, -0.15) is 0 Å². The van der Waals surface area contributed by atoms with E-state index in [4.69, 9.17) is 10.7 Å². The lowest BCUT2D eigenvalue weighted by Crippen LogP contribution is -1.99. The number of thiophene rings is 1. The number of nitrogen functional groups attached to an aromatic ring is 1. The van der Waals surface area contributed by atoms with Gasteiger partial charge in [0.15, 0.2) is 5.82 Å². The fraction of sp³-hybridized carbons (Fsp3) is 0.267. The molecule has 0 spiro atoms. The van der Waals surface area contributed by atoms with Crippen LogP contribution in [0, 0.1) is 13.8 Å². The van der Waals surface area contributed by atoms with E-state index < -0.39 is 0 Å². The largest absolute Gasteiger partial charge is 0.383 e. The van der Waals surface area contributed by atoms with Gasteiger partial charge in [-0.15, -0.1) is 11.3 Å². The Morgan fingerprint density at radius 3 is 2.80 bits per heavy atom. The summed E-state index contributed by atoms with van der Waals surface area (Å²) < 4.78 is 0. The standard InChI is InChI=1S/C15H16N4S/c1-4-10-7-17-6-5-11(10)14-18-13(16)12-8(2)9(3)20-15(12)19-14/h5-7H,4H2,1-3H3,(H2,16,18,19). The van der Waals surface area contributed by atoms with Crippen molar-refractivity contribution in [1.29, 1.82) is 0 Å². The van der Waals surface area contributed by atoms with Gasteiger partial charge in [-0.3, -0.25) is 4.98 Å². The molecule has 3 heterocycles. The van der Waals surface area contributed by atoms with E-state index in [2.05, 4.69) is 30.7 Å². The maximum Gasteiger partial charge on any atom is 0.163 e. The molecule has 0 radical (unpaired) electrons. The number of hydrogen-bond donors (Lipinski definition) is 1. The molecule has 0 bridgehead atoms. The zero-order chi connectivity index (χ0) is 14.3. The second-order valence-electron chi connectivity index (χ2n) is 4.78. The van der Waals surface area contributed by atoms with Gasteiger partial charge in [0.1, 0.15) is 10.6 Å². The van der Waals surface area contributed by atoms with Crippen molar-refractivity contribution < 1.29 is 0 Å². The molecule has 3 aromatic rings. The highest BCUT2D eigenvalue weighted by atomic mass is 32.1. The lowest BCUT2D eigenvalue weighted by atomic mass is 10.1. The molecule has 0 saturated heterocycles. The van der Waals surface area contributed by atoms with E-state index in [0.29, 0.717) is 11.6 Å². The average molecular weight is 284 g/mol. The van der Waals surface area contributed by atoms with Crippen molar-refractivity contribution in [2.45, 2.75) is 27.2 Å². The quantitative estimate of drug-likeness (QED) is 0.782.